The molecule has 0 spiro atoms. The molecule has 1 atom stereocenters. The lowest BCUT2D eigenvalue weighted by Crippen LogP contribution is -2.39. The molecule has 1 aliphatic heterocycles. The molecular formula is C36H36N2O7S. The predicted octanol–water partition coefficient (Wildman–Crippen LogP) is 5.13. The van der Waals surface area contributed by atoms with E-state index in [1.54, 1.807) is 31.4 Å². The van der Waals surface area contributed by atoms with Gasteiger partial charge in [0.15, 0.2) is 27.8 Å². The molecule has 0 N–H and O–H groups in total. The summed E-state index contributed by atoms with van der Waals surface area (Å²) in [5.41, 5.74) is 3.22. The Kier molecular flexibility index (Phi) is 10.4. The highest BCUT2D eigenvalue weighted by Gasteiger charge is 2.31. The predicted molar refractivity (Wildman–Crippen MR) is 178 cm³/mol. The molecule has 0 bridgehead atoms. The van der Waals surface area contributed by atoms with E-state index in [1.165, 1.54) is 29.2 Å². The van der Waals surface area contributed by atoms with Crippen LogP contribution in [-0.4, -0.2) is 38.0 Å². The standard InChI is InChI=1S/C36H36N2O7S/c1-6-12-26-17-24(18-30(41-4)33(26)45-22-23-13-10-9-11-14-23)19-31-34(39)38-32(27(35(40)42-5)21-37-36(38)46-31)25-15-16-28(43-7-2)29(20-25)44-8-3/h6,9-11,13-21,32H,1,7-8,12,22H2,2-5H3/b31-19-/t32-/m0/s1. The molecule has 46 heavy (non-hydrogen) atoms. The van der Waals surface area contributed by atoms with Gasteiger partial charge in [0, 0.05) is 11.8 Å². The van der Waals surface area contributed by atoms with Gasteiger partial charge in [-0.05, 0) is 67.3 Å². The zero-order valence-corrected chi connectivity index (χ0v) is 27.1. The molecule has 2 heterocycles. The lowest BCUT2D eigenvalue weighted by atomic mass is 9.97. The molecule has 1 aliphatic rings. The quantitative estimate of drug-likeness (QED) is 0.148. The van der Waals surface area contributed by atoms with E-state index in [9.17, 15) is 9.59 Å². The first-order valence-electron chi connectivity index (χ1n) is 14.9. The third-order valence-electron chi connectivity index (χ3n) is 7.27. The van der Waals surface area contributed by atoms with Gasteiger partial charge in [-0.1, -0.05) is 53.8 Å². The maximum atomic E-state index is 14.1. The van der Waals surface area contributed by atoms with Gasteiger partial charge in [0.05, 0.1) is 43.6 Å². The number of carbonyl (C=O) groups is 1. The molecule has 0 fully saturated rings. The lowest BCUT2D eigenvalue weighted by molar-refractivity contribution is -0.136. The molecule has 0 radical (unpaired) electrons. The molecule has 9 nitrogen and oxygen atoms in total. The number of hydrogen-bond acceptors (Lipinski definition) is 9. The van der Waals surface area contributed by atoms with Crippen molar-refractivity contribution in [3.8, 4) is 23.0 Å². The molecule has 0 saturated carbocycles. The molecular weight excluding hydrogens is 604 g/mol. The molecule has 5 rings (SSSR count). The summed E-state index contributed by atoms with van der Waals surface area (Å²) < 4.78 is 30.6. The Morgan fingerprint density at radius 3 is 2.43 bits per heavy atom. The summed E-state index contributed by atoms with van der Waals surface area (Å²) >= 11 is 1.23. The second kappa shape index (κ2) is 14.8. The van der Waals surface area contributed by atoms with Crippen molar-refractivity contribution in [2.75, 3.05) is 27.4 Å². The van der Waals surface area contributed by atoms with Gasteiger partial charge < -0.3 is 23.7 Å². The van der Waals surface area contributed by atoms with Crippen LogP contribution in [0.25, 0.3) is 6.08 Å². The van der Waals surface area contributed by atoms with E-state index in [1.807, 2.05) is 62.4 Å². The van der Waals surface area contributed by atoms with Gasteiger partial charge in [0.2, 0.25) is 0 Å². The van der Waals surface area contributed by atoms with E-state index in [-0.39, 0.29) is 11.1 Å². The molecule has 0 unspecified atom stereocenters. The zero-order valence-electron chi connectivity index (χ0n) is 26.3. The number of allylic oxidation sites excluding steroid dienone is 1. The van der Waals surface area contributed by atoms with E-state index in [0.717, 1.165) is 16.7 Å². The third kappa shape index (κ3) is 6.77. The molecule has 0 aliphatic carbocycles. The van der Waals surface area contributed by atoms with Crippen molar-refractivity contribution in [2.24, 2.45) is 4.99 Å². The largest absolute Gasteiger partial charge is 0.493 e. The molecule has 238 valence electrons. The van der Waals surface area contributed by atoms with Crippen LogP contribution in [0, 0.1) is 0 Å². The van der Waals surface area contributed by atoms with Crippen LogP contribution >= 0.6 is 11.3 Å². The highest BCUT2D eigenvalue weighted by molar-refractivity contribution is 7.07. The van der Waals surface area contributed by atoms with Crippen LogP contribution in [0.3, 0.4) is 0 Å². The Morgan fingerprint density at radius 2 is 1.74 bits per heavy atom. The second-order valence-electron chi connectivity index (χ2n) is 10.2. The first kappa shape index (κ1) is 32.3. The smallest absolute Gasteiger partial charge is 0.337 e. The Morgan fingerprint density at radius 1 is 0.978 bits per heavy atom. The number of esters is 1. The number of hydrogen-bond donors (Lipinski definition) is 0. The number of nitrogens with zero attached hydrogens (tertiary/aromatic N) is 2. The first-order valence-corrected chi connectivity index (χ1v) is 15.7. The molecule has 3 aromatic carbocycles. The van der Waals surface area contributed by atoms with Crippen molar-refractivity contribution in [3.63, 3.8) is 0 Å². The summed E-state index contributed by atoms with van der Waals surface area (Å²) in [6.45, 7) is 8.93. The fourth-order valence-electron chi connectivity index (χ4n) is 5.26. The topological polar surface area (TPSA) is 97.6 Å². The Bertz CT molecular complexity index is 1940. The van der Waals surface area contributed by atoms with E-state index in [0.29, 0.717) is 64.1 Å². The summed E-state index contributed by atoms with van der Waals surface area (Å²) in [7, 11) is 2.89. The Balaban J connectivity index is 1.60. The van der Waals surface area contributed by atoms with Gasteiger partial charge in [-0.3, -0.25) is 9.36 Å². The van der Waals surface area contributed by atoms with Crippen LogP contribution in [-0.2, 0) is 22.6 Å². The van der Waals surface area contributed by atoms with Crippen LogP contribution in [0.15, 0.2) is 94.9 Å². The number of ether oxygens (including phenoxy) is 5. The minimum atomic E-state index is -0.791. The fraction of sp³-hybridized carbons (Fsp3) is 0.250. The number of carbonyl (C=O) groups excluding carboxylic acids is 1. The van der Waals surface area contributed by atoms with Crippen LogP contribution in [0.5, 0.6) is 23.0 Å². The van der Waals surface area contributed by atoms with Crippen LogP contribution < -0.4 is 33.8 Å². The number of benzene rings is 3. The van der Waals surface area contributed by atoms with Crippen molar-refractivity contribution in [3.05, 3.63) is 127 Å². The fourth-order valence-corrected chi connectivity index (χ4v) is 6.23. The van der Waals surface area contributed by atoms with Gasteiger partial charge in [0.25, 0.3) is 5.56 Å². The average molecular weight is 641 g/mol. The highest BCUT2D eigenvalue weighted by atomic mass is 32.1. The number of aromatic nitrogens is 1. The molecule has 0 saturated heterocycles. The van der Waals surface area contributed by atoms with Crippen molar-refractivity contribution in [1.82, 2.24) is 4.57 Å². The minimum Gasteiger partial charge on any atom is -0.493 e. The summed E-state index contributed by atoms with van der Waals surface area (Å²) in [5, 5.41) is 0. The van der Waals surface area contributed by atoms with Crippen LogP contribution in [0.2, 0.25) is 0 Å². The van der Waals surface area contributed by atoms with Gasteiger partial charge in [-0.15, -0.1) is 6.58 Å². The highest BCUT2D eigenvalue weighted by Crippen LogP contribution is 2.36. The summed E-state index contributed by atoms with van der Waals surface area (Å²) in [6, 6.07) is 18.3. The van der Waals surface area contributed by atoms with Gasteiger partial charge in [-0.25, -0.2) is 9.79 Å². The zero-order chi connectivity index (χ0) is 32.6. The van der Waals surface area contributed by atoms with E-state index in [4.69, 9.17) is 23.7 Å². The average Bonchev–Trinajstić information content (AvgIpc) is 3.39. The van der Waals surface area contributed by atoms with E-state index < -0.39 is 12.0 Å². The number of thiazole rings is 1. The first-order chi connectivity index (χ1) is 22.4. The lowest BCUT2D eigenvalue weighted by Gasteiger charge is -2.23. The van der Waals surface area contributed by atoms with Gasteiger partial charge in [-0.2, -0.15) is 0 Å². The summed E-state index contributed by atoms with van der Waals surface area (Å²) in [6.07, 6.45) is 5.59. The maximum absolute atomic E-state index is 14.1. The van der Waals surface area contributed by atoms with Crippen molar-refractivity contribution in [1.29, 1.82) is 0 Å². The monoisotopic (exact) mass is 640 g/mol. The molecule has 1 aromatic heterocycles. The number of fused-ring (bicyclic) bond motifs is 1. The van der Waals surface area contributed by atoms with E-state index >= 15 is 0 Å². The van der Waals surface area contributed by atoms with Crippen LogP contribution in [0.1, 0.15) is 42.1 Å². The minimum absolute atomic E-state index is 0.225. The molecule has 0 amide bonds. The number of rotatable bonds is 13. The summed E-state index contributed by atoms with van der Waals surface area (Å²) in [5.74, 6) is 1.66. The Labute approximate surface area is 271 Å². The molecule has 4 aromatic rings. The maximum Gasteiger partial charge on any atom is 0.337 e. The normalized spacial score (nSPS) is 14.0. The van der Waals surface area contributed by atoms with E-state index in [2.05, 4.69) is 11.6 Å². The van der Waals surface area contributed by atoms with Crippen molar-refractivity contribution in [2.45, 2.75) is 32.9 Å². The summed E-state index contributed by atoms with van der Waals surface area (Å²) in [4.78, 5) is 32.0. The van der Waals surface area contributed by atoms with Gasteiger partial charge in [0.1, 0.15) is 6.61 Å². The van der Waals surface area contributed by atoms with Crippen molar-refractivity contribution >= 4 is 23.4 Å². The van der Waals surface area contributed by atoms with Gasteiger partial charge >= 0.3 is 5.97 Å². The third-order valence-corrected chi connectivity index (χ3v) is 8.27. The van der Waals surface area contributed by atoms with Crippen molar-refractivity contribution < 1.29 is 28.5 Å². The Hall–Kier alpha value is -5.09. The van der Waals surface area contributed by atoms with Crippen LogP contribution in [0.4, 0.5) is 0 Å². The second-order valence-corrected chi connectivity index (χ2v) is 11.2. The number of methoxy groups -OCH3 is 2. The SMILES string of the molecule is C=CCc1cc(/C=c2\sc3n(c2=O)[C@@H](c2ccc(OCC)c(OCC)c2)C(C(=O)OC)=CN=3)cc(OC)c1OCc1ccccc1. The molecule has 10 heteroatoms.